The van der Waals surface area contributed by atoms with Crippen LogP contribution < -0.4 is 5.32 Å². The Bertz CT molecular complexity index is 396. The third-order valence-electron chi connectivity index (χ3n) is 3.46. The third kappa shape index (κ3) is 3.82. The van der Waals surface area contributed by atoms with Gasteiger partial charge in [0.05, 0.1) is 4.34 Å². The molecule has 0 aromatic carbocycles. The molecule has 1 saturated heterocycles. The number of nitrogens with zero attached hydrogens (tertiary/aromatic N) is 1. The van der Waals surface area contributed by atoms with Crippen LogP contribution in [0.25, 0.3) is 0 Å². The highest BCUT2D eigenvalue weighted by molar-refractivity contribution is 7.16. The van der Waals surface area contributed by atoms with Gasteiger partial charge in [0.1, 0.15) is 0 Å². The second kappa shape index (κ2) is 6.20. The zero-order chi connectivity index (χ0) is 13.0. The van der Waals surface area contributed by atoms with Gasteiger partial charge in [0.15, 0.2) is 0 Å². The molecule has 1 unspecified atom stereocenters. The first-order chi connectivity index (χ1) is 8.61. The van der Waals surface area contributed by atoms with Crippen molar-refractivity contribution in [3.8, 4) is 0 Å². The minimum Gasteiger partial charge on any atom is -0.316 e. The van der Waals surface area contributed by atoms with Gasteiger partial charge < -0.3 is 5.32 Å². The van der Waals surface area contributed by atoms with Gasteiger partial charge in [0.2, 0.25) is 0 Å². The first kappa shape index (κ1) is 14.1. The van der Waals surface area contributed by atoms with Crippen LogP contribution in [0.1, 0.15) is 18.2 Å². The molecule has 2 heterocycles. The number of rotatable bonds is 6. The molecule has 4 heteroatoms. The predicted molar refractivity (Wildman–Crippen MR) is 80.4 cm³/mol. The molecular formula is C14H21ClN2S. The van der Waals surface area contributed by atoms with E-state index in [1.54, 1.807) is 11.3 Å². The molecule has 0 aliphatic carbocycles. The number of halogens is 1. The highest BCUT2D eigenvalue weighted by Gasteiger charge is 2.30. The van der Waals surface area contributed by atoms with Crippen molar-refractivity contribution in [3.63, 3.8) is 0 Å². The molecule has 2 rings (SSSR count). The van der Waals surface area contributed by atoms with Gasteiger partial charge in [-0.2, -0.15) is 0 Å². The molecule has 1 atom stereocenters. The average Bonchev–Trinajstić information content (AvgIpc) is 2.89. The maximum Gasteiger partial charge on any atom is 0.0931 e. The van der Waals surface area contributed by atoms with Crippen molar-refractivity contribution in [3.05, 3.63) is 34.0 Å². The zero-order valence-electron chi connectivity index (χ0n) is 10.9. The van der Waals surface area contributed by atoms with Crippen molar-refractivity contribution in [2.24, 2.45) is 5.41 Å². The lowest BCUT2D eigenvalue weighted by atomic mass is 9.89. The molecule has 1 aliphatic heterocycles. The third-order valence-corrected chi connectivity index (χ3v) is 4.67. The van der Waals surface area contributed by atoms with E-state index in [1.807, 2.05) is 12.1 Å². The molecule has 1 aromatic heterocycles. The first-order valence-corrected chi connectivity index (χ1v) is 7.59. The Kier molecular flexibility index (Phi) is 4.84. The van der Waals surface area contributed by atoms with Crippen LogP contribution in [0.15, 0.2) is 24.8 Å². The second-order valence-corrected chi connectivity index (χ2v) is 7.20. The van der Waals surface area contributed by atoms with Gasteiger partial charge >= 0.3 is 0 Å². The summed E-state index contributed by atoms with van der Waals surface area (Å²) >= 11 is 7.66. The van der Waals surface area contributed by atoms with Crippen LogP contribution in [-0.2, 0) is 6.54 Å². The Labute approximate surface area is 119 Å². The number of nitrogens with one attached hydrogen (secondary N) is 1. The summed E-state index contributed by atoms with van der Waals surface area (Å²) in [5, 5.41) is 3.46. The normalized spacial score (nSPS) is 23.7. The summed E-state index contributed by atoms with van der Waals surface area (Å²) in [6.07, 6.45) is 3.24. The predicted octanol–water partition coefficient (Wildman–Crippen LogP) is 3.39. The van der Waals surface area contributed by atoms with Crippen molar-refractivity contribution in [1.82, 2.24) is 10.2 Å². The van der Waals surface area contributed by atoms with E-state index in [9.17, 15) is 0 Å². The van der Waals surface area contributed by atoms with Crippen LogP contribution in [0.2, 0.25) is 4.34 Å². The molecule has 1 aromatic rings. The van der Waals surface area contributed by atoms with E-state index >= 15 is 0 Å². The van der Waals surface area contributed by atoms with E-state index in [-0.39, 0.29) is 0 Å². The Morgan fingerprint density at radius 2 is 2.44 bits per heavy atom. The highest BCUT2D eigenvalue weighted by Crippen LogP contribution is 2.28. The summed E-state index contributed by atoms with van der Waals surface area (Å²) < 4.78 is 0.872. The van der Waals surface area contributed by atoms with Crippen LogP contribution in [-0.4, -0.2) is 31.1 Å². The summed E-state index contributed by atoms with van der Waals surface area (Å²) in [5.74, 6) is 0. The van der Waals surface area contributed by atoms with Crippen LogP contribution in [0.5, 0.6) is 0 Å². The highest BCUT2D eigenvalue weighted by atomic mass is 35.5. The Morgan fingerprint density at radius 1 is 1.61 bits per heavy atom. The molecule has 0 radical (unpaired) electrons. The Morgan fingerprint density at radius 3 is 3.00 bits per heavy atom. The van der Waals surface area contributed by atoms with Crippen LogP contribution >= 0.6 is 22.9 Å². The monoisotopic (exact) mass is 284 g/mol. The fourth-order valence-corrected chi connectivity index (χ4v) is 3.70. The maximum atomic E-state index is 5.99. The van der Waals surface area contributed by atoms with Crippen molar-refractivity contribution in [2.75, 3.05) is 26.2 Å². The minimum absolute atomic E-state index is 0.393. The lowest BCUT2D eigenvalue weighted by molar-refractivity contribution is 0.187. The van der Waals surface area contributed by atoms with E-state index in [0.717, 1.165) is 37.1 Å². The van der Waals surface area contributed by atoms with Gasteiger partial charge in [0.25, 0.3) is 0 Å². The van der Waals surface area contributed by atoms with E-state index < -0.39 is 0 Å². The van der Waals surface area contributed by atoms with E-state index in [0.29, 0.717) is 5.41 Å². The largest absolute Gasteiger partial charge is 0.316 e. The van der Waals surface area contributed by atoms with Crippen molar-refractivity contribution in [1.29, 1.82) is 0 Å². The van der Waals surface area contributed by atoms with Crippen molar-refractivity contribution >= 4 is 22.9 Å². The van der Waals surface area contributed by atoms with E-state index in [1.165, 1.54) is 11.3 Å². The lowest BCUT2D eigenvalue weighted by Gasteiger charge is -2.31. The molecule has 0 bridgehead atoms. The summed E-state index contributed by atoms with van der Waals surface area (Å²) in [4.78, 5) is 3.79. The van der Waals surface area contributed by atoms with Crippen LogP contribution in [0.4, 0.5) is 0 Å². The van der Waals surface area contributed by atoms with E-state index in [4.69, 9.17) is 11.6 Å². The second-order valence-electron chi connectivity index (χ2n) is 5.40. The zero-order valence-corrected chi connectivity index (χ0v) is 12.5. The molecule has 100 valence electrons. The smallest absolute Gasteiger partial charge is 0.0931 e. The number of thiophene rings is 1. The molecule has 0 saturated carbocycles. The molecule has 1 aliphatic rings. The maximum absolute atomic E-state index is 5.99. The first-order valence-electron chi connectivity index (χ1n) is 6.39. The molecule has 2 nitrogen and oxygen atoms in total. The quantitative estimate of drug-likeness (QED) is 0.806. The SMILES string of the molecule is C=CCN(Cc1ccc(Cl)s1)CC1(C)CCNC1. The number of hydrogen-bond donors (Lipinski definition) is 1. The molecule has 0 spiro atoms. The molecule has 1 fully saturated rings. The van der Waals surface area contributed by atoms with Gasteiger partial charge in [-0.05, 0) is 30.5 Å². The van der Waals surface area contributed by atoms with Crippen molar-refractivity contribution < 1.29 is 0 Å². The topological polar surface area (TPSA) is 15.3 Å². The van der Waals surface area contributed by atoms with Gasteiger partial charge in [-0.15, -0.1) is 17.9 Å². The fourth-order valence-electron chi connectivity index (χ4n) is 2.57. The average molecular weight is 285 g/mol. The molecule has 0 amide bonds. The fraction of sp³-hybridized carbons (Fsp3) is 0.571. The van der Waals surface area contributed by atoms with Gasteiger partial charge in [-0.3, -0.25) is 4.90 Å². The van der Waals surface area contributed by atoms with Gasteiger partial charge in [0, 0.05) is 31.1 Å². The lowest BCUT2D eigenvalue weighted by Crippen LogP contribution is -2.37. The Balaban J connectivity index is 1.97. The van der Waals surface area contributed by atoms with Crippen LogP contribution in [0.3, 0.4) is 0 Å². The summed E-state index contributed by atoms with van der Waals surface area (Å²) in [5.41, 5.74) is 0.393. The Hall–Kier alpha value is -0.350. The van der Waals surface area contributed by atoms with E-state index in [2.05, 4.69) is 29.8 Å². The standard InChI is InChI=1S/C14H21ClN2S/c1-3-8-17(9-12-4-5-13(15)18-12)11-14(2)6-7-16-10-14/h3-5,16H,1,6-11H2,2H3. The van der Waals surface area contributed by atoms with Gasteiger partial charge in [-0.1, -0.05) is 24.6 Å². The van der Waals surface area contributed by atoms with Crippen LogP contribution in [0, 0.1) is 5.41 Å². The molecule has 1 N–H and O–H groups in total. The number of hydrogen-bond acceptors (Lipinski definition) is 3. The molecular weight excluding hydrogens is 264 g/mol. The minimum atomic E-state index is 0.393. The summed E-state index contributed by atoms with van der Waals surface area (Å²) in [7, 11) is 0. The summed E-state index contributed by atoms with van der Waals surface area (Å²) in [6, 6.07) is 4.10. The summed E-state index contributed by atoms with van der Waals surface area (Å²) in [6.45, 7) is 11.5. The molecule has 18 heavy (non-hydrogen) atoms. The van der Waals surface area contributed by atoms with Crippen molar-refractivity contribution in [2.45, 2.75) is 19.9 Å². The van der Waals surface area contributed by atoms with Gasteiger partial charge in [-0.25, -0.2) is 0 Å².